The first-order valence-corrected chi connectivity index (χ1v) is 8.98. The molecule has 2 N–H and O–H groups in total. The molecule has 0 unspecified atom stereocenters. The molecule has 144 valence electrons. The van der Waals surface area contributed by atoms with E-state index in [0.717, 1.165) is 30.5 Å². The van der Waals surface area contributed by atoms with Gasteiger partial charge in [-0.2, -0.15) is 13.2 Å². The van der Waals surface area contributed by atoms with Gasteiger partial charge >= 0.3 is 6.18 Å². The van der Waals surface area contributed by atoms with Gasteiger partial charge in [-0.25, -0.2) is 0 Å². The lowest BCUT2D eigenvalue weighted by Crippen LogP contribution is -2.29. The summed E-state index contributed by atoms with van der Waals surface area (Å²) in [7, 11) is 0. The minimum Gasteiger partial charge on any atom is -0.376 e. The number of nitrogens with one attached hydrogen (secondary N) is 2. The number of alkyl halides is 3. The highest BCUT2D eigenvalue weighted by Gasteiger charge is 2.33. The van der Waals surface area contributed by atoms with Crippen molar-refractivity contribution in [1.82, 2.24) is 0 Å². The van der Waals surface area contributed by atoms with Crippen LogP contribution in [0.15, 0.2) is 48.5 Å². The van der Waals surface area contributed by atoms with Crippen LogP contribution in [0.2, 0.25) is 0 Å². The van der Waals surface area contributed by atoms with E-state index in [1.165, 1.54) is 37.5 Å². The Bertz CT molecular complexity index is 769. The molecule has 1 aliphatic heterocycles. The highest BCUT2D eigenvalue weighted by Crippen LogP contribution is 2.34. The third kappa shape index (κ3) is 5.15. The van der Waals surface area contributed by atoms with E-state index in [4.69, 9.17) is 0 Å². The van der Waals surface area contributed by atoms with Crippen molar-refractivity contribution in [2.24, 2.45) is 0 Å². The number of rotatable bonds is 5. The van der Waals surface area contributed by atoms with E-state index in [1.54, 1.807) is 0 Å². The molecule has 2 aromatic carbocycles. The molecule has 7 heteroatoms. The van der Waals surface area contributed by atoms with E-state index < -0.39 is 17.6 Å². The summed E-state index contributed by atoms with van der Waals surface area (Å²) in [4.78, 5) is 14.4. The molecule has 4 nitrogen and oxygen atoms in total. The van der Waals surface area contributed by atoms with E-state index in [9.17, 15) is 18.0 Å². The smallest absolute Gasteiger partial charge is 0.376 e. The van der Waals surface area contributed by atoms with Crippen LogP contribution in [0, 0.1) is 0 Å². The average molecular weight is 377 g/mol. The second-order valence-electron chi connectivity index (χ2n) is 6.54. The molecule has 0 bridgehead atoms. The van der Waals surface area contributed by atoms with Gasteiger partial charge in [0.15, 0.2) is 0 Å². The molecule has 1 aliphatic rings. The summed E-state index contributed by atoms with van der Waals surface area (Å²) in [5.41, 5.74) is 0.792. The van der Waals surface area contributed by atoms with Crippen LogP contribution in [0.1, 0.15) is 24.8 Å². The maximum Gasteiger partial charge on any atom is 0.418 e. The fourth-order valence-electron chi connectivity index (χ4n) is 3.16. The van der Waals surface area contributed by atoms with Gasteiger partial charge in [0.05, 0.1) is 17.8 Å². The Balaban J connectivity index is 1.55. The molecule has 1 saturated heterocycles. The van der Waals surface area contributed by atoms with E-state index in [1.807, 2.05) is 24.3 Å². The first-order chi connectivity index (χ1) is 12.9. The van der Waals surface area contributed by atoms with Crippen molar-refractivity contribution in [2.75, 3.05) is 35.2 Å². The Kier molecular flexibility index (Phi) is 5.88. The van der Waals surface area contributed by atoms with Gasteiger partial charge < -0.3 is 15.5 Å². The van der Waals surface area contributed by atoms with E-state index in [0.29, 0.717) is 0 Å². The van der Waals surface area contributed by atoms with Crippen molar-refractivity contribution in [3.8, 4) is 0 Å². The van der Waals surface area contributed by atoms with Crippen LogP contribution in [-0.4, -0.2) is 25.5 Å². The molecule has 1 amide bonds. The summed E-state index contributed by atoms with van der Waals surface area (Å²) in [5, 5.41) is 5.26. The van der Waals surface area contributed by atoms with E-state index in [-0.39, 0.29) is 12.2 Å². The predicted molar refractivity (Wildman–Crippen MR) is 101 cm³/mol. The number of amides is 1. The van der Waals surface area contributed by atoms with E-state index in [2.05, 4.69) is 15.5 Å². The van der Waals surface area contributed by atoms with Gasteiger partial charge in [-0.1, -0.05) is 12.1 Å². The van der Waals surface area contributed by atoms with Crippen LogP contribution in [-0.2, 0) is 11.0 Å². The molecule has 2 aromatic rings. The Morgan fingerprint density at radius 3 is 2.30 bits per heavy atom. The molecule has 1 heterocycles. The van der Waals surface area contributed by atoms with Crippen LogP contribution in [0.3, 0.4) is 0 Å². The summed E-state index contributed by atoms with van der Waals surface area (Å²) in [6, 6.07) is 12.7. The number of nitrogens with zero attached hydrogens (tertiary/aromatic N) is 1. The minimum atomic E-state index is -4.51. The van der Waals surface area contributed by atoms with Gasteiger partial charge in [0.1, 0.15) is 0 Å². The Labute approximate surface area is 156 Å². The number of carbonyl (C=O) groups is 1. The third-order valence-electron chi connectivity index (χ3n) is 4.55. The van der Waals surface area contributed by atoms with Crippen LogP contribution < -0.4 is 15.5 Å². The van der Waals surface area contributed by atoms with Gasteiger partial charge in [0.2, 0.25) is 5.91 Å². The molecular weight excluding hydrogens is 355 g/mol. The predicted octanol–water partition coefficient (Wildman–Crippen LogP) is 4.75. The zero-order chi connectivity index (χ0) is 19.3. The lowest BCUT2D eigenvalue weighted by molar-refractivity contribution is -0.137. The molecule has 0 saturated carbocycles. The second-order valence-corrected chi connectivity index (χ2v) is 6.54. The van der Waals surface area contributed by atoms with Gasteiger partial charge in [0, 0.05) is 24.5 Å². The number of hydrogen-bond acceptors (Lipinski definition) is 3. The molecular formula is C20H22F3N3O. The molecule has 27 heavy (non-hydrogen) atoms. The second kappa shape index (κ2) is 8.33. The first kappa shape index (κ1) is 19.1. The summed E-state index contributed by atoms with van der Waals surface area (Å²) >= 11 is 0. The highest BCUT2D eigenvalue weighted by atomic mass is 19.4. The van der Waals surface area contributed by atoms with Gasteiger partial charge in [-0.05, 0) is 55.7 Å². The van der Waals surface area contributed by atoms with Crippen molar-refractivity contribution in [3.63, 3.8) is 0 Å². The number of carbonyl (C=O) groups excluding carboxylic acids is 1. The van der Waals surface area contributed by atoms with Gasteiger partial charge in [-0.15, -0.1) is 0 Å². The zero-order valence-electron chi connectivity index (χ0n) is 14.9. The van der Waals surface area contributed by atoms with Crippen molar-refractivity contribution in [1.29, 1.82) is 0 Å². The Morgan fingerprint density at radius 1 is 0.963 bits per heavy atom. The molecule has 0 aromatic heterocycles. The Hall–Kier alpha value is -2.70. The molecule has 1 fully saturated rings. The largest absolute Gasteiger partial charge is 0.418 e. The number of benzene rings is 2. The van der Waals surface area contributed by atoms with Crippen molar-refractivity contribution in [3.05, 3.63) is 54.1 Å². The minimum absolute atomic E-state index is 0.116. The fourth-order valence-corrected chi connectivity index (χ4v) is 3.16. The maximum absolute atomic E-state index is 13.0. The van der Waals surface area contributed by atoms with Gasteiger partial charge in [0.25, 0.3) is 0 Å². The number of hydrogen-bond donors (Lipinski definition) is 2. The summed E-state index contributed by atoms with van der Waals surface area (Å²) < 4.78 is 38.9. The quantitative estimate of drug-likeness (QED) is 0.791. The first-order valence-electron chi connectivity index (χ1n) is 8.98. The van der Waals surface area contributed by atoms with Crippen LogP contribution in [0.25, 0.3) is 0 Å². The average Bonchev–Trinajstić information content (AvgIpc) is 2.67. The van der Waals surface area contributed by atoms with Gasteiger partial charge in [-0.3, -0.25) is 4.79 Å². The highest BCUT2D eigenvalue weighted by molar-refractivity contribution is 5.94. The number of anilines is 3. The number of halogens is 3. The standard InChI is InChI=1S/C20H22F3N3O/c21-20(22,23)17-6-2-3-7-18(17)25-19(27)14-24-15-8-10-16(11-9-15)26-12-4-1-5-13-26/h2-3,6-11,24H,1,4-5,12-14H2,(H,25,27). The van der Waals surface area contributed by atoms with Crippen molar-refractivity contribution < 1.29 is 18.0 Å². The van der Waals surface area contributed by atoms with Crippen LogP contribution in [0.5, 0.6) is 0 Å². The third-order valence-corrected chi connectivity index (χ3v) is 4.55. The lowest BCUT2D eigenvalue weighted by Gasteiger charge is -2.28. The van der Waals surface area contributed by atoms with Crippen LogP contribution >= 0.6 is 0 Å². The lowest BCUT2D eigenvalue weighted by atomic mass is 10.1. The Morgan fingerprint density at radius 2 is 1.63 bits per heavy atom. The summed E-state index contributed by atoms with van der Waals surface area (Å²) in [5.74, 6) is -0.535. The maximum atomic E-state index is 13.0. The van der Waals surface area contributed by atoms with E-state index >= 15 is 0 Å². The normalized spacial score (nSPS) is 14.7. The number of piperidine rings is 1. The monoisotopic (exact) mass is 377 g/mol. The molecule has 0 aliphatic carbocycles. The SMILES string of the molecule is O=C(CNc1ccc(N2CCCCC2)cc1)Nc1ccccc1C(F)(F)F. The number of para-hydroxylation sites is 1. The summed E-state index contributed by atoms with van der Waals surface area (Å²) in [6.07, 6.45) is -0.858. The molecule has 0 radical (unpaired) electrons. The molecule has 0 atom stereocenters. The van der Waals surface area contributed by atoms with Crippen molar-refractivity contribution >= 4 is 23.0 Å². The molecule has 3 rings (SSSR count). The molecule has 0 spiro atoms. The zero-order valence-corrected chi connectivity index (χ0v) is 14.9. The fraction of sp³-hybridized carbons (Fsp3) is 0.350. The van der Waals surface area contributed by atoms with Crippen molar-refractivity contribution in [2.45, 2.75) is 25.4 Å². The summed E-state index contributed by atoms with van der Waals surface area (Å²) in [6.45, 7) is 1.98. The van der Waals surface area contributed by atoms with Crippen LogP contribution in [0.4, 0.5) is 30.2 Å². The topological polar surface area (TPSA) is 44.4 Å².